The number of rotatable bonds is 5. The maximum Gasteiger partial charge on any atom is 0.323 e. The van der Waals surface area contributed by atoms with E-state index in [0.717, 1.165) is 11.1 Å². The summed E-state index contributed by atoms with van der Waals surface area (Å²) in [5.74, 6) is -0.234. The number of ether oxygens (including phenoxy) is 1. The minimum Gasteiger partial charge on any atom is -0.460 e. The highest BCUT2D eigenvalue weighted by molar-refractivity contribution is 7.85. The molecule has 0 amide bonds. The fraction of sp³-hybridized carbons (Fsp3) is 0.316. The highest BCUT2D eigenvalue weighted by Gasteiger charge is 2.18. The van der Waals surface area contributed by atoms with Crippen molar-refractivity contribution in [3.8, 4) is 0 Å². The minimum atomic E-state index is -4.02. The molecule has 3 N–H and O–H groups in total. The highest BCUT2D eigenvalue weighted by atomic mass is 32.2. The average Bonchev–Trinajstić information content (AvgIpc) is 2.60. The number of carbonyl (C=O) groups is 1. The molecule has 0 saturated carbocycles. The van der Waals surface area contributed by atoms with Gasteiger partial charge >= 0.3 is 5.97 Å². The van der Waals surface area contributed by atoms with Crippen molar-refractivity contribution in [3.63, 3.8) is 0 Å². The van der Waals surface area contributed by atoms with Crippen molar-refractivity contribution in [1.29, 1.82) is 0 Å². The molecule has 142 valence electrons. The Bertz CT molecular complexity index is 786. The van der Waals surface area contributed by atoms with Crippen molar-refractivity contribution in [3.05, 3.63) is 65.7 Å². The van der Waals surface area contributed by atoms with Crippen molar-refractivity contribution in [2.45, 2.75) is 38.3 Å². The zero-order valence-corrected chi connectivity index (χ0v) is 15.9. The van der Waals surface area contributed by atoms with Crippen LogP contribution in [0.15, 0.2) is 59.5 Å². The smallest absolute Gasteiger partial charge is 0.323 e. The van der Waals surface area contributed by atoms with Gasteiger partial charge in [0.25, 0.3) is 10.1 Å². The Hall–Kier alpha value is -2.22. The molecule has 2 rings (SSSR count). The Balaban J connectivity index is 0.000000273. The summed E-state index contributed by atoms with van der Waals surface area (Å²) in [6, 6.07) is 15.0. The summed E-state index contributed by atoms with van der Waals surface area (Å²) in [5, 5.41) is 0. The van der Waals surface area contributed by atoms with Crippen molar-refractivity contribution >= 4 is 16.1 Å². The third kappa shape index (κ3) is 7.77. The molecule has 2 aromatic carbocycles. The van der Waals surface area contributed by atoms with Gasteiger partial charge in [0.05, 0.1) is 4.90 Å². The van der Waals surface area contributed by atoms with Crippen molar-refractivity contribution in [2.24, 2.45) is 11.7 Å². The van der Waals surface area contributed by atoms with Crippen molar-refractivity contribution in [1.82, 2.24) is 0 Å². The summed E-state index contributed by atoms with van der Waals surface area (Å²) in [4.78, 5) is 11.3. The average molecular weight is 379 g/mol. The minimum absolute atomic E-state index is 0.0666. The van der Waals surface area contributed by atoms with E-state index in [9.17, 15) is 13.2 Å². The number of esters is 1. The van der Waals surface area contributed by atoms with E-state index in [1.54, 1.807) is 12.1 Å². The predicted octanol–water partition coefficient (Wildman–Crippen LogP) is 2.95. The van der Waals surface area contributed by atoms with Crippen LogP contribution < -0.4 is 5.73 Å². The van der Waals surface area contributed by atoms with Crippen molar-refractivity contribution < 1.29 is 22.5 Å². The molecule has 6 nitrogen and oxygen atoms in total. The van der Waals surface area contributed by atoms with E-state index >= 15 is 0 Å². The first-order valence-electron chi connectivity index (χ1n) is 8.11. The molecule has 0 heterocycles. The molecular formula is C19H25NO5S. The van der Waals surface area contributed by atoms with Gasteiger partial charge in [0, 0.05) is 0 Å². The summed E-state index contributed by atoms with van der Waals surface area (Å²) in [6.45, 7) is 5.93. The van der Waals surface area contributed by atoms with Gasteiger partial charge in [-0.1, -0.05) is 61.9 Å². The Labute approximate surface area is 154 Å². The van der Waals surface area contributed by atoms with Crippen LogP contribution >= 0.6 is 0 Å². The first-order valence-corrected chi connectivity index (χ1v) is 9.55. The van der Waals surface area contributed by atoms with E-state index in [1.165, 1.54) is 12.1 Å². The van der Waals surface area contributed by atoms with Crippen LogP contribution in [-0.4, -0.2) is 25.0 Å². The van der Waals surface area contributed by atoms with Crippen LogP contribution in [0, 0.1) is 12.8 Å². The number of hydrogen-bond donors (Lipinski definition) is 2. The molecule has 0 aliphatic carbocycles. The van der Waals surface area contributed by atoms with Gasteiger partial charge in [-0.25, -0.2) is 0 Å². The van der Waals surface area contributed by atoms with Gasteiger partial charge in [-0.05, 0) is 30.5 Å². The van der Waals surface area contributed by atoms with Gasteiger partial charge in [-0.3, -0.25) is 9.35 Å². The first kappa shape index (κ1) is 21.8. The van der Waals surface area contributed by atoms with Gasteiger partial charge in [0.1, 0.15) is 12.6 Å². The van der Waals surface area contributed by atoms with Gasteiger partial charge in [0.2, 0.25) is 0 Å². The number of aryl methyl sites for hydroxylation is 1. The SMILES string of the molecule is CC(C)[C@@H](N)C(=O)OCc1ccccc1.Cc1ccc(S(=O)(=O)O)cc1. The normalized spacial score (nSPS) is 12.1. The van der Waals surface area contributed by atoms with E-state index in [1.807, 2.05) is 51.1 Å². The Kier molecular flexibility index (Phi) is 8.44. The summed E-state index contributed by atoms with van der Waals surface area (Å²) in [5.41, 5.74) is 7.58. The lowest BCUT2D eigenvalue weighted by Gasteiger charge is -2.14. The van der Waals surface area contributed by atoms with Crippen LogP contribution in [0.3, 0.4) is 0 Å². The lowest BCUT2D eigenvalue weighted by molar-refractivity contribution is -0.147. The second-order valence-corrected chi connectivity index (χ2v) is 7.57. The molecule has 0 aliphatic rings. The molecule has 0 radical (unpaired) electrons. The Morgan fingerprint density at radius 2 is 1.62 bits per heavy atom. The van der Waals surface area contributed by atoms with Crippen molar-refractivity contribution in [2.75, 3.05) is 0 Å². The molecule has 2 aromatic rings. The Morgan fingerprint density at radius 1 is 1.08 bits per heavy atom. The molecule has 0 aliphatic heterocycles. The largest absolute Gasteiger partial charge is 0.460 e. The third-order valence-corrected chi connectivity index (χ3v) is 4.40. The molecule has 0 fully saturated rings. The zero-order valence-electron chi connectivity index (χ0n) is 15.1. The predicted molar refractivity (Wildman–Crippen MR) is 100 cm³/mol. The molecule has 0 unspecified atom stereocenters. The van der Waals surface area contributed by atoms with Crippen LogP contribution in [0.1, 0.15) is 25.0 Å². The molecule has 1 atom stereocenters. The summed E-state index contributed by atoms with van der Waals surface area (Å²) in [7, 11) is -4.02. The van der Waals surface area contributed by atoms with E-state index in [-0.39, 0.29) is 16.8 Å². The molecular weight excluding hydrogens is 354 g/mol. The number of benzene rings is 2. The zero-order chi connectivity index (χ0) is 19.7. The van der Waals surface area contributed by atoms with Crippen LogP contribution in [0.2, 0.25) is 0 Å². The summed E-state index contributed by atoms with van der Waals surface area (Å²) < 4.78 is 34.6. The van der Waals surface area contributed by atoms with Crippen LogP contribution in [0.25, 0.3) is 0 Å². The highest BCUT2D eigenvalue weighted by Crippen LogP contribution is 2.08. The fourth-order valence-corrected chi connectivity index (χ4v) is 2.29. The number of nitrogens with two attached hydrogens (primary N) is 1. The number of carbonyl (C=O) groups excluding carboxylic acids is 1. The number of hydrogen-bond acceptors (Lipinski definition) is 5. The van der Waals surface area contributed by atoms with E-state index in [4.69, 9.17) is 15.0 Å². The topological polar surface area (TPSA) is 107 Å². The van der Waals surface area contributed by atoms with Crippen LogP contribution in [-0.2, 0) is 26.3 Å². The lowest BCUT2D eigenvalue weighted by Crippen LogP contribution is -2.36. The van der Waals surface area contributed by atoms with E-state index < -0.39 is 16.2 Å². The second kappa shape index (κ2) is 10.1. The van der Waals surface area contributed by atoms with E-state index in [2.05, 4.69) is 0 Å². The maximum absolute atomic E-state index is 11.4. The Morgan fingerprint density at radius 3 is 2.08 bits per heavy atom. The van der Waals surface area contributed by atoms with Gasteiger partial charge in [0.15, 0.2) is 0 Å². The lowest BCUT2D eigenvalue weighted by atomic mass is 10.1. The molecule has 26 heavy (non-hydrogen) atoms. The fourth-order valence-electron chi connectivity index (χ4n) is 1.81. The quantitative estimate of drug-likeness (QED) is 0.611. The standard InChI is InChI=1S/C12H17NO2.C7H8O3S/c1-9(2)11(13)12(14)15-8-10-6-4-3-5-7-10;1-6-2-4-7(5-3-6)11(8,9)10/h3-7,9,11H,8,13H2,1-2H3;2-5H,1H3,(H,8,9,10)/t11-;/m1./s1. The van der Waals surface area contributed by atoms with Gasteiger partial charge in [-0.2, -0.15) is 8.42 Å². The van der Waals surface area contributed by atoms with Gasteiger partial charge < -0.3 is 10.5 Å². The molecule has 0 spiro atoms. The molecule has 0 saturated heterocycles. The molecule has 0 bridgehead atoms. The molecule has 0 aromatic heterocycles. The van der Waals surface area contributed by atoms with E-state index in [0.29, 0.717) is 6.61 Å². The second-order valence-electron chi connectivity index (χ2n) is 6.15. The van der Waals surface area contributed by atoms with Crippen LogP contribution in [0.5, 0.6) is 0 Å². The third-order valence-electron chi connectivity index (χ3n) is 3.53. The van der Waals surface area contributed by atoms with Gasteiger partial charge in [-0.15, -0.1) is 0 Å². The molecule has 7 heteroatoms. The first-order chi connectivity index (χ1) is 12.1. The maximum atomic E-state index is 11.4. The monoisotopic (exact) mass is 379 g/mol. The van der Waals surface area contributed by atoms with Crippen LogP contribution in [0.4, 0.5) is 0 Å². The summed E-state index contributed by atoms with van der Waals surface area (Å²) in [6.07, 6.45) is 0. The summed E-state index contributed by atoms with van der Waals surface area (Å²) >= 11 is 0.